The number of hydrogen-bond acceptors (Lipinski definition) is 3. The van der Waals surface area contributed by atoms with Gasteiger partial charge in [0.1, 0.15) is 0 Å². The average Bonchev–Trinajstić information content (AvgIpc) is 2.91. The topological polar surface area (TPSA) is 65.7 Å². The molecule has 6 aromatic rings. The highest BCUT2D eigenvalue weighted by Gasteiger charge is 2.22. The van der Waals surface area contributed by atoms with E-state index in [1.807, 2.05) is 72.8 Å². The minimum absolute atomic E-state index is 0.289. The first-order chi connectivity index (χ1) is 18.0. The van der Waals surface area contributed by atoms with Crippen LogP contribution in [0.3, 0.4) is 0 Å². The highest BCUT2D eigenvalue weighted by molar-refractivity contribution is 7.99. The molecule has 0 saturated carbocycles. The molecule has 0 unspecified atom stereocenters. The number of benzene rings is 4. The molecule has 0 radical (unpaired) electrons. The van der Waals surface area contributed by atoms with Gasteiger partial charge < -0.3 is 9.97 Å². The van der Waals surface area contributed by atoms with E-state index in [4.69, 9.17) is 23.2 Å². The van der Waals surface area contributed by atoms with Crippen molar-refractivity contribution in [2.24, 2.45) is 0 Å². The summed E-state index contributed by atoms with van der Waals surface area (Å²) in [6.45, 7) is 0. The lowest BCUT2D eigenvalue weighted by Crippen LogP contribution is -2.15. The second kappa shape index (κ2) is 9.60. The number of aromatic nitrogens is 2. The molecule has 7 heteroatoms. The number of H-pyrrole nitrogens is 2. The molecule has 2 N–H and O–H groups in total. The fourth-order valence-corrected chi connectivity index (χ4v) is 6.07. The van der Waals surface area contributed by atoms with Crippen LogP contribution in [0.4, 0.5) is 0 Å². The molecule has 0 aliphatic rings. The van der Waals surface area contributed by atoms with Crippen LogP contribution in [0.2, 0.25) is 10.0 Å². The summed E-state index contributed by atoms with van der Waals surface area (Å²) in [6, 6.07) is 30.0. The van der Waals surface area contributed by atoms with E-state index in [0.29, 0.717) is 30.9 Å². The summed E-state index contributed by atoms with van der Waals surface area (Å²) in [5.74, 6) is 0. The summed E-state index contributed by atoms with van der Waals surface area (Å²) in [4.78, 5) is 33.9. The lowest BCUT2D eigenvalue weighted by Gasteiger charge is -2.16. The second-order valence-corrected chi connectivity index (χ2v) is 10.4. The Bertz CT molecular complexity index is 1780. The van der Waals surface area contributed by atoms with Crippen LogP contribution in [-0.4, -0.2) is 9.97 Å². The molecule has 0 amide bonds. The Hall–Kier alpha value is -3.77. The second-order valence-electron chi connectivity index (χ2n) is 8.53. The van der Waals surface area contributed by atoms with Crippen LogP contribution in [0.1, 0.15) is 0 Å². The van der Waals surface area contributed by atoms with E-state index in [1.54, 1.807) is 24.3 Å². The first-order valence-electron chi connectivity index (χ1n) is 11.5. The Morgan fingerprint density at radius 2 is 0.946 bits per heavy atom. The van der Waals surface area contributed by atoms with Gasteiger partial charge in [0.25, 0.3) is 11.1 Å². The largest absolute Gasteiger partial charge is 0.321 e. The van der Waals surface area contributed by atoms with Crippen molar-refractivity contribution < 1.29 is 0 Å². The van der Waals surface area contributed by atoms with Gasteiger partial charge in [-0.2, -0.15) is 0 Å². The van der Waals surface area contributed by atoms with Crippen molar-refractivity contribution in [1.82, 2.24) is 9.97 Å². The summed E-state index contributed by atoms with van der Waals surface area (Å²) in [7, 11) is 0. The van der Waals surface area contributed by atoms with E-state index in [1.165, 1.54) is 0 Å². The highest BCUT2D eigenvalue weighted by atomic mass is 35.5. The number of halogens is 2. The molecule has 4 aromatic carbocycles. The normalized spacial score (nSPS) is 11.3. The molecule has 6 rings (SSSR count). The maximum Gasteiger partial charge on any atom is 0.263 e. The van der Waals surface area contributed by atoms with Crippen molar-refractivity contribution in [2.75, 3.05) is 0 Å². The average molecular weight is 541 g/mol. The van der Waals surface area contributed by atoms with Gasteiger partial charge in [-0.25, -0.2) is 0 Å². The molecule has 0 bridgehead atoms. The van der Waals surface area contributed by atoms with Crippen molar-refractivity contribution in [3.8, 4) is 22.3 Å². The molecular weight excluding hydrogens is 523 g/mol. The highest BCUT2D eigenvalue weighted by Crippen LogP contribution is 2.42. The van der Waals surface area contributed by atoms with Gasteiger partial charge in [0.05, 0.1) is 9.79 Å². The van der Waals surface area contributed by atoms with E-state index in [-0.39, 0.29) is 11.1 Å². The van der Waals surface area contributed by atoms with E-state index < -0.39 is 0 Å². The van der Waals surface area contributed by atoms with Crippen LogP contribution in [-0.2, 0) is 0 Å². The smallest absolute Gasteiger partial charge is 0.263 e. The lowest BCUT2D eigenvalue weighted by molar-refractivity contribution is 1.17. The van der Waals surface area contributed by atoms with Gasteiger partial charge in [0.2, 0.25) is 0 Å². The Balaban J connectivity index is 1.70. The van der Waals surface area contributed by atoms with Crippen LogP contribution >= 0.6 is 35.0 Å². The fraction of sp³-hybridized carbons (Fsp3) is 0. The molecule has 0 spiro atoms. The molecular formula is C30H18Cl2N2O2S. The predicted molar refractivity (Wildman–Crippen MR) is 154 cm³/mol. The van der Waals surface area contributed by atoms with E-state index in [9.17, 15) is 9.59 Å². The minimum atomic E-state index is -0.289. The van der Waals surface area contributed by atoms with Crippen molar-refractivity contribution in [1.29, 1.82) is 0 Å². The molecule has 0 fully saturated rings. The number of pyridine rings is 2. The summed E-state index contributed by atoms with van der Waals surface area (Å²) in [6.07, 6.45) is 0. The lowest BCUT2D eigenvalue weighted by atomic mass is 10.0. The van der Waals surface area contributed by atoms with Gasteiger partial charge in [-0.1, -0.05) is 95.6 Å². The van der Waals surface area contributed by atoms with Crippen molar-refractivity contribution >= 4 is 56.8 Å². The van der Waals surface area contributed by atoms with Crippen LogP contribution in [0.5, 0.6) is 0 Å². The third-order valence-corrected chi connectivity index (χ3v) is 7.85. The van der Waals surface area contributed by atoms with E-state index >= 15 is 0 Å². The molecule has 2 aromatic heterocycles. The summed E-state index contributed by atoms with van der Waals surface area (Å²) in [5, 5.41) is 2.69. The fourth-order valence-electron chi connectivity index (χ4n) is 4.57. The SMILES string of the molecule is O=c1[nH]c2ccc(Cl)cc2c(-c2ccccc2)c1Sc1c(-c2ccccc2)c2cc(Cl)ccc2[nH]c1=O. The van der Waals surface area contributed by atoms with Gasteiger partial charge in [-0.05, 0) is 47.5 Å². The minimum Gasteiger partial charge on any atom is -0.321 e. The van der Waals surface area contributed by atoms with Crippen LogP contribution in [0, 0.1) is 0 Å². The predicted octanol–water partition coefficient (Wildman–Crippen LogP) is 8.16. The van der Waals surface area contributed by atoms with Crippen molar-refractivity contribution in [3.63, 3.8) is 0 Å². The zero-order valence-electron chi connectivity index (χ0n) is 19.2. The monoisotopic (exact) mass is 540 g/mol. The maximum absolute atomic E-state index is 13.6. The third kappa shape index (κ3) is 4.36. The van der Waals surface area contributed by atoms with Gasteiger partial charge in [0.15, 0.2) is 0 Å². The van der Waals surface area contributed by atoms with Gasteiger partial charge in [0, 0.05) is 43.0 Å². The van der Waals surface area contributed by atoms with Crippen LogP contribution in [0.25, 0.3) is 44.1 Å². The zero-order chi connectivity index (χ0) is 25.5. The first kappa shape index (κ1) is 23.6. The van der Waals surface area contributed by atoms with Crippen LogP contribution < -0.4 is 11.1 Å². The van der Waals surface area contributed by atoms with E-state index in [0.717, 1.165) is 44.8 Å². The number of hydrogen-bond donors (Lipinski definition) is 2. The summed E-state index contributed by atoms with van der Waals surface area (Å²) in [5.41, 5.74) is 3.90. The number of fused-ring (bicyclic) bond motifs is 2. The maximum atomic E-state index is 13.6. The number of nitrogens with one attached hydrogen (secondary N) is 2. The Morgan fingerprint density at radius 3 is 1.35 bits per heavy atom. The molecule has 0 atom stereocenters. The van der Waals surface area contributed by atoms with Gasteiger partial charge in [-0.15, -0.1) is 0 Å². The molecule has 180 valence electrons. The van der Waals surface area contributed by atoms with Gasteiger partial charge in [-0.3, -0.25) is 9.59 Å². The quantitative estimate of drug-likeness (QED) is 0.237. The summed E-state index contributed by atoms with van der Waals surface area (Å²) >= 11 is 13.9. The zero-order valence-corrected chi connectivity index (χ0v) is 21.5. The molecule has 4 nitrogen and oxygen atoms in total. The Labute approximate surface area is 225 Å². The van der Waals surface area contributed by atoms with Gasteiger partial charge >= 0.3 is 0 Å². The van der Waals surface area contributed by atoms with Crippen molar-refractivity contribution in [2.45, 2.75) is 9.79 Å². The molecule has 0 saturated heterocycles. The Morgan fingerprint density at radius 1 is 0.541 bits per heavy atom. The number of rotatable bonds is 4. The third-order valence-electron chi connectivity index (χ3n) is 6.19. The summed E-state index contributed by atoms with van der Waals surface area (Å²) < 4.78 is 0. The molecule has 2 heterocycles. The molecule has 0 aliphatic heterocycles. The van der Waals surface area contributed by atoms with E-state index in [2.05, 4.69) is 9.97 Å². The Kier molecular flexibility index (Phi) is 6.13. The first-order valence-corrected chi connectivity index (χ1v) is 13.1. The standard InChI is InChI=1S/C30H18Cl2N2O2S/c31-19-11-13-23-21(15-19)25(17-7-3-1-4-8-17)27(29(35)33-23)37-28-26(18-9-5-2-6-10-18)22-16-20(32)12-14-24(22)34-30(28)36/h1-16H,(H,33,35)(H,34,36). The van der Waals surface area contributed by atoms with Crippen LogP contribution in [0.15, 0.2) is 116 Å². The molecule has 0 aliphatic carbocycles. The number of aromatic amines is 2. The molecule has 37 heavy (non-hydrogen) atoms. The van der Waals surface area contributed by atoms with Crippen molar-refractivity contribution in [3.05, 3.63) is 128 Å².